The van der Waals surface area contributed by atoms with Gasteiger partial charge in [0.1, 0.15) is 17.5 Å². The zero-order valence-corrected chi connectivity index (χ0v) is 13.6. The van der Waals surface area contributed by atoms with Crippen LogP contribution in [0.1, 0.15) is 18.5 Å². The van der Waals surface area contributed by atoms with Crippen LogP contribution < -0.4 is 20.5 Å². The van der Waals surface area contributed by atoms with E-state index in [0.29, 0.717) is 17.1 Å². The van der Waals surface area contributed by atoms with Crippen molar-refractivity contribution >= 4 is 11.8 Å². The number of methoxy groups -OCH3 is 1. The van der Waals surface area contributed by atoms with Crippen LogP contribution in [0.2, 0.25) is 0 Å². The zero-order chi connectivity index (χ0) is 17.5. The Hall–Kier alpha value is -3.02. The second-order valence-electron chi connectivity index (χ2n) is 5.19. The quantitative estimate of drug-likeness (QED) is 0.811. The third-order valence-electron chi connectivity index (χ3n) is 3.45. The molecule has 6 heteroatoms. The number of carbonyl (C=O) groups is 2. The number of primary amides is 1. The smallest absolute Gasteiger partial charge is 0.261 e. The highest BCUT2D eigenvalue weighted by Crippen LogP contribution is 2.19. The Bertz CT molecular complexity index is 686. The Morgan fingerprint density at radius 2 is 1.58 bits per heavy atom. The molecule has 0 aliphatic heterocycles. The van der Waals surface area contributed by atoms with Crippen molar-refractivity contribution in [2.45, 2.75) is 19.1 Å². The van der Waals surface area contributed by atoms with E-state index in [1.807, 2.05) is 6.07 Å². The molecule has 0 heterocycles. The van der Waals surface area contributed by atoms with E-state index >= 15 is 0 Å². The number of nitrogens with one attached hydrogen (secondary N) is 1. The Balaban J connectivity index is 2.02. The first-order chi connectivity index (χ1) is 11.5. The molecule has 0 aliphatic carbocycles. The largest absolute Gasteiger partial charge is 0.497 e. The van der Waals surface area contributed by atoms with Crippen molar-refractivity contribution in [3.05, 3.63) is 60.2 Å². The number of nitrogens with two attached hydrogens (primary N) is 1. The molecule has 126 valence electrons. The van der Waals surface area contributed by atoms with E-state index < -0.39 is 24.0 Å². The van der Waals surface area contributed by atoms with Gasteiger partial charge in [0, 0.05) is 0 Å². The summed E-state index contributed by atoms with van der Waals surface area (Å²) < 4.78 is 10.6. The van der Waals surface area contributed by atoms with Crippen LogP contribution in [0.25, 0.3) is 0 Å². The van der Waals surface area contributed by atoms with Crippen LogP contribution in [0.3, 0.4) is 0 Å². The highest BCUT2D eigenvalue weighted by atomic mass is 16.5. The molecule has 0 saturated carbocycles. The van der Waals surface area contributed by atoms with Crippen molar-refractivity contribution in [2.24, 2.45) is 5.73 Å². The van der Waals surface area contributed by atoms with Crippen LogP contribution in [0.15, 0.2) is 54.6 Å². The van der Waals surface area contributed by atoms with E-state index in [2.05, 4.69) is 5.32 Å². The van der Waals surface area contributed by atoms with Crippen LogP contribution in [0, 0.1) is 0 Å². The van der Waals surface area contributed by atoms with Gasteiger partial charge in [-0.05, 0) is 36.8 Å². The van der Waals surface area contributed by atoms with E-state index in [9.17, 15) is 9.59 Å². The summed E-state index contributed by atoms with van der Waals surface area (Å²) in [5, 5.41) is 2.61. The number of hydrogen-bond donors (Lipinski definition) is 2. The summed E-state index contributed by atoms with van der Waals surface area (Å²) in [6.45, 7) is 1.60. The summed E-state index contributed by atoms with van der Waals surface area (Å²) >= 11 is 0. The molecule has 2 aromatic carbocycles. The van der Waals surface area contributed by atoms with Crippen LogP contribution >= 0.6 is 0 Å². The van der Waals surface area contributed by atoms with Crippen LogP contribution in [-0.4, -0.2) is 25.0 Å². The van der Waals surface area contributed by atoms with Crippen molar-refractivity contribution in [3.8, 4) is 11.5 Å². The number of benzene rings is 2. The number of ether oxygens (including phenoxy) is 2. The third-order valence-corrected chi connectivity index (χ3v) is 3.45. The SMILES string of the molecule is COc1ccc(OC(C)C(=O)NC(C(N)=O)c2ccccc2)cc1. The number of carbonyl (C=O) groups excluding carboxylic acids is 2. The van der Waals surface area contributed by atoms with Crippen molar-refractivity contribution < 1.29 is 19.1 Å². The molecule has 2 amide bonds. The molecule has 2 aromatic rings. The molecule has 24 heavy (non-hydrogen) atoms. The standard InChI is InChI=1S/C18H20N2O4/c1-12(24-15-10-8-14(23-2)9-11-15)18(22)20-16(17(19)21)13-6-4-3-5-7-13/h3-12,16H,1-2H3,(H2,19,21)(H,20,22). The van der Waals surface area contributed by atoms with Crippen molar-refractivity contribution in [3.63, 3.8) is 0 Å². The summed E-state index contributed by atoms with van der Waals surface area (Å²) in [4.78, 5) is 23.9. The second-order valence-corrected chi connectivity index (χ2v) is 5.19. The Labute approximate surface area is 140 Å². The van der Waals surface area contributed by atoms with Gasteiger partial charge in [-0.15, -0.1) is 0 Å². The molecule has 0 bridgehead atoms. The van der Waals surface area contributed by atoms with Gasteiger partial charge in [-0.2, -0.15) is 0 Å². The summed E-state index contributed by atoms with van der Waals surface area (Å²) in [6, 6.07) is 14.8. The highest BCUT2D eigenvalue weighted by molar-refractivity contribution is 5.89. The fraction of sp³-hybridized carbons (Fsp3) is 0.222. The first-order valence-electron chi connectivity index (χ1n) is 7.46. The molecule has 2 rings (SSSR count). The van der Waals surface area contributed by atoms with Crippen molar-refractivity contribution in [2.75, 3.05) is 7.11 Å². The van der Waals surface area contributed by atoms with Crippen LogP contribution in [-0.2, 0) is 9.59 Å². The lowest BCUT2D eigenvalue weighted by Crippen LogP contribution is -2.43. The first-order valence-corrected chi connectivity index (χ1v) is 7.46. The fourth-order valence-corrected chi connectivity index (χ4v) is 2.14. The lowest BCUT2D eigenvalue weighted by atomic mass is 10.1. The van der Waals surface area contributed by atoms with E-state index in [-0.39, 0.29) is 0 Å². The maximum absolute atomic E-state index is 12.3. The van der Waals surface area contributed by atoms with E-state index in [1.54, 1.807) is 62.6 Å². The van der Waals surface area contributed by atoms with Gasteiger partial charge in [-0.3, -0.25) is 9.59 Å². The molecular weight excluding hydrogens is 308 g/mol. The summed E-state index contributed by atoms with van der Waals surface area (Å²) in [6.07, 6.45) is -0.788. The van der Waals surface area contributed by atoms with Gasteiger partial charge in [0.05, 0.1) is 7.11 Å². The Morgan fingerprint density at radius 3 is 2.12 bits per heavy atom. The van der Waals surface area contributed by atoms with Gasteiger partial charge >= 0.3 is 0 Å². The van der Waals surface area contributed by atoms with Crippen molar-refractivity contribution in [1.29, 1.82) is 0 Å². The number of hydrogen-bond acceptors (Lipinski definition) is 4. The molecule has 2 unspecified atom stereocenters. The van der Waals surface area contributed by atoms with Crippen LogP contribution in [0.4, 0.5) is 0 Å². The van der Waals surface area contributed by atoms with Crippen LogP contribution in [0.5, 0.6) is 11.5 Å². The minimum absolute atomic E-state index is 0.432. The van der Waals surface area contributed by atoms with Gasteiger partial charge in [0.25, 0.3) is 5.91 Å². The molecule has 0 radical (unpaired) electrons. The summed E-state index contributed by atoms with van der Waals surface area (Å²) in [5.74, 6) is 0.149. The molecule has 0 fully saturated rings. The maximum Gasteiger partial charge on any atom is 0.261 e. The number of amides is 2. The lowest BCUT2D eigenvalue weighted by molar-refractivity contribution is -0.131. The molecule has 0 saturated heterocycles. The van der Waals surface area contributed by atoms with Gasteiger partial charge in [-0.25, -0.2) is 0 Å². The molecule has 6 nitrogen and oxygen atoms in total. The molecule has 3 N–H and O–H groups in total. The Morgan fingerprint density at radius 1 is 1.00 bits per heavy atom. The maximum atomic E-state index is 12.3. The topological polar surface area (TPSA) is 90.7 Å². The highest BCUT2D eigenvalue weighted by Gasteiger charge is 2.23. The summed E-state index contributed by atoms with van der Waals surface area (Å²) in [5.41, 5.74) is 6.01. The summed E-state index contributed by atoms with van der Waals surface area (Å²) in [7, 11) is 1.57. The fourth-order valence-electron chi connectivity index (χ4n) is 2.14. The van der Waals surface area contributed by atoms with Gasteiger partial charge < -0.3 is 20.5 Å². The van der Waals surface area contributed by atoms with Gasteiger partial charge in [0.2, 0.25) is 5.91 Å². The average Bonchev–Trinajstić information content (AvgIpc) is 2.60. The zero-order valence-electron chi connectivity index (χ0n) is 13.6. The minimum atomic E-state index is -0.902. The monoisotopic (exact) mass is 328 g/mol. The predicted molar refractivity (Wildman–Crippen MR) is 89.6 cm³/mol. The van der Waals surface area contributed by atoms with Gasteiger partial charge in [0.15, 0.2) is 6.10 Å². The van der Waals surface area contributed by atoms with Gasteiger partial charge in [-0.1, -0.05) is 30.3 Å². The number of rotatable bonds is 7. The van der Waals surface area contributed by atoms with Crippen molar-refractivity contribution in [1.82, 2.24) is 5.32 Å². The third kappa shape index (κ3) is 4.49. The normalized spacial score (nSPS) is 12.8. The molecule has 0 spiro atoms. The first kappa shape index (κ1) is 17.3. The van der Waals surface area contributed by atoms with E-state index in [1.165, 1.54) is 0 Å². The minimum Gasteiger partial charge on any atom is -0.497 e. The molecule has 2 atom stereocenters. The molecular formula is C18H20N2O4. The lowest BCUT2D eigenvalue weighted by Gasteiger charge is -2.20. The van der Waals surface area contributed by atoms with E-state index in [0.717, 1.165) is 0 Å². The molecule has 0 aliphatic rings. The Kier molecular flexibility index (Phi) is 5.78. The second kappa shape index (κ2) is 8.01. The van der Waals surface area contributed by atoms with E-state index in [4.69, 9.17) is 15.2 Å². The molecule has 0 aromatic heterocycles. The predicted octanol–water partition coefficient (Wildman–Crippen LogP) is 1.81. The average molecular weight is 328 g/mol.